The molecule has 0 unspecified atom stereocenters. The summed E-state index contributed by atoms with van der Waals surface area (Å²) >= 11 is 27.5. The molecule has 82 valence electrons. The molecule has 0 bridgehead atoms. The smallest absolute Gasteiger partial charge is 0.208 e. The minimum absolute atomic E-state index is 1.05. The Kier molecular flexibility index (Phi) is 7.26. The summed E-state index contributed by atoms with van der Waals surface area (Å²) in [5.41, 5.74) is 0. The predicted molar refractivity (Wildman–Crippen MR) is 52.3 cm³/mol. The lowest BCUT2D eigenvalue weighted by atomic mass is 10.8. The zero-order valence-electron chi connectivity index (χ0n) is 5.90. The van der Waals surface area contributed by atoms with E-state index in [2.05, 4.69) is 69.6 Å². The summed E-state index contributed by atoms with van der Waals surface area (Å²) in [5.74, 6) is 0. The fraction of sp³-hybridized carbons (Fsp3) is 1.00. The zero-order chi connectivity index (χ0) is 11.5. The quantitative estimate of drug-likeness (QED) is 0.532. The summed E-state index contributed by atoms with van der Waals surface area (Å²) in [6, 6.07) is 0. The highest BCUT2D eigenvalue weighted by Crippen LogP contribution is 2.44. The van der Waals surface area contributed by atoms with Crippen LogP contribution in [0, 0.1) is 0 Å². The van der Waals surface area contributed by atoms with E-state index < -0.39 is 13.8 Å². The summed E-state index contributed by atoms with van der Waals surface area (Å²) in [4.78, 5) is 0. The van der Waals surface area contributed by atoms with Crippen LogP contribution < -0.4 is 0 Å². The van der Waals surface area contributed by atoms with Gasteiger partial charge < -0.3 is 0 Å². The van der Waals surface area contributed by atoms with E-state index in [0.29, 0.717) is 0 Å². The molecule has 0 amide bonds. The van der Waals surface area contributed by atoms with Gasteiger partial charge in [-0.25, -0.2) is 4.39 Å². The number of halogens is 9. The Balaban J connectivity index is 0. The third-order valence-corrected chi connectivity index (χ3v) is 1.61. The Bertz CT molecular complexity index is 123. The van der Waals surface area contributed by atoms with Crippen LogP contribution in [0.15, 0.2) is 0 Å². The molecule has 0 aliphatic rings. The number of rotatable bonds is 0. The average molecular weight is 321 g/mol. The molecule has 0 saturated carbocycles. The van der Waals surface area contributed by atoms with Crippen LogP contribution in [0.2, 0.25) is 0 Å². The van der Waals surface area contributed by atoms with Crippen LogP contribution in [0.3, 0.4) is 0 Å². The van der Waals surface area contributed by atoms with E-state index in [1.54, 1.807) is 0 Å². The van der Waals surface area contributed by atoms with Crippen molar-refractivity contribution in [3.63, 3.8) is 0 Å². The van der Waals surface area contributed by atoms with Crippen molar-refractivity contribution in [3.8, 4) is 0 Å². The molecule has 0 aliphatic heterocycles. The molecule has 0 aliphatic carbocycles. The first-order valence-corrected chi connectivity index (χ1v) is 4.72. The van der Waals surface area contributed by atoms with E-state index in [1.165, 1.54) is 0 Å². The predicted octanol–water partition coefficient (Wildman–Crippen LogP) is 5.30. The lowest BCUT2D eigenvalue weighted by Gasteiger charge is -2.15. The van der Waals surface area contributed by atoms with Gasteiger partial charge in [-0.15, -0.1) is 0 Å². The number of hydrogen-bond donors (Lipinski definition) is 0. The van der Waals surface area contributed by atoms with Crippen molar-refractivity contribution in [1.82, 2.24) is 0 Å². The second-order valence-corrected chi connectivity index (χ2v) is 6.15. The fourth-order valence-corrected chi connectivity index (χ4v) is 0. The van der Waals surface area contributed by atoms with Crippen molar-refractivity contribution >= 4 is 69.6 Å². The Labute approximate surface area is 103 Å². The van der Waals surface area contributed by atoms with Gasteiger partial charge in [-0.3, -0.25) is 0 Å². The van der Waals surface area contributed by atoms with Crippen molar-refractivity contribution in [2.24, 2.45) is 0 Å². The molecule has 0 aromatic heterocycles. The largest absolute Gasteiger partial charge is 0.368 e. The molecule has 0 saturated heterocycles. The van der Waals surface area contributed by atoms with E-state index in [1.807, 2.05) is 0 Å². The lowest BCUT2D eigenvalue weighted by molar-refractivity contribution is 0.101. The summed E-state index contributed by atoms with van der Waals surface area (Å²) in [6.07, 6.45) is 0. The third kappa shape index (κ3) is 16.2. The summed E-state index contributed by atoms with van der Waals surface area (Å²) in [6.45, 7) is 1.05. The first-order chi connectivity index (χ1) is 5.25. The first-order valence-electron chi connectivity index (χ1n) is 2.45. The summed E-state index contributed by atoms with van der Waals surface area (Å²) in [7, 11) is 0. The highest BCUT2D eigenvalue weighted by molar-refractivity contribution is 6.70. The molecule has 0 rings (SSSR count). The van der Waals surface area contributed by atoms with E-state index in [4.69, 9.17) is 0 Å². The molecule has 0 radical (unpaired) electrons. The molecule has 13 heavy (non-hydrogen) atoms. The monoisotopic (exact) mass is 318 g/mol. The van der Waals surface area contributed by atoms with Crippen LogP contribution in [0.4, 0.5) is 13.2 Å². The van der Waals surface area contributed by atoms with Crippen molar-refractivity contribution in [2.75, 3.05) is 0 Å². The fourth-order valence-electron chi connectivity index (χ4n) is 0. The second kappa shape index (κ2) is 5.57. The van der Waals surface area contributed by atoms with E-state index >= 15 is 0 Å². The van der Waals surface area contributed by atoms with Crippen molar-refractivity contribution in [2.45, 2.75) is 20.7 Å². The maximum Gasteiger partial charge on any atom is 0.368 e. The average Bonchev–Trinajstić information content (AvgIpc) is 1.50. The number of hydrogen-bond acceptors (Lipinski definition) is 0. The van der Waals surface area contributed by atoms with Crippen molar-refractivity contribution < 1.29 is 13.2 Å². The topological polar surface area (TPSA) is 0 Å². The van der Waals surface area contributed by atoms with Gasteiger partial charge >= 0.3 is 5.38 Å². The normalized spacial score (nSPS) is 13.4. The Morgan fingerprint density at radius 3 is 0.846 bits per heavy atom. The zero-order valence-corrected chi connectivity index (χ0v) is 10.4. The minimum atomic E-state index is -3.79. The first kappa shape index (κ1) is 16.9. The molecule has 0 aromatic carbocycles. The SMILES string of the molecule is CC(F)(Cl)Cl.FC(F)(Cl)C(Cl)(Cl)Cl. The van der Waals surface area contributed by atoms with Gasteiger partial charge in [0.2, 0.25) is 0 Å². The van der Waals surface area contributed by atoms with Crippen LogP contribution in [0.5, 0.6) is 0 Å². The standard InChI is InChI=1S/C2Cl4F2.C2H3Cl2F/c3-1(4,5)2(6,7)8;1-2(3,4)5/h;1H3. The molecule has 0 spiro atoms. The molecule has 0 heterocycles. The van der Waals surface area contributed by atoms with Gasteiger partial charge in [0.05, 0.1) is 0 Å². The summed E-state index contributed by atoms with van der Waals surface area (Å²) < 4.78 is 29.6. The Morgan fingerprint density at radius 1 is 0.769 bits per heavy atom. The number of alkyl halides is 9. The van der Waals surface area contributed by atoms with Gasteiger partial charge in [-0.1, -0.05) is 58.0 Å². The minimum Gasteiger partial charge on any atom is -0.208 e. The van der Waals surface area contributed by atoms with Crippen LogP contribution in [0.1, 0.15) is 6.92 Å². The summed E-state index contributed by atoms with van der Waals surface area (Å²) in [5, 5.41) is -3.79. The molecular formula is C4H3Cl6F3. The van der Waals surface area contributed by atoms with Crippen LogP contribution in [0.25, 0.3) is 0 Å². The molecule has 0 atom stereocenters. The van der Waals surface area contributed by atoms with Crippen LogP contribution >= 0.6 is 69.6 Å². The van der Waals surface area contributed by atoms with Gasteiger partial charge in [-0.05, 0) is 18.5 Å². The second-order valence-electron chi connectivity index (χ2n) is 1.78. The molecular weight excluding hydrogens is 318 g/mol. The van der Waals surface area contributed by atoms with Crippen LogP contribution in [-0.4, -0.2) is 13.8 Å². The van der Waals surface area contributed by atoms with Crippen molar-refractivity contribution in [1.29, 1.82) is 0 Å². The molecule has 9 heteroatoms. The third-order valence-electron chi connectivity index (χ3n) is 0.321. The lowest BCUT2D eigenvalue weighted by Crippen LogP contribution is -2.26. The highest BCUT2D eigenvalue weighted by atomic mass is 35.6. The van der Waals surface area contributed by atoms with E-state index in [0.717, 1.165) is 6.92 Å². The molecule has 0 fully saturated rings. The van der Waals surface area contributed by atoms with E-state index in [-0.39, 0.29) is 0 Å². The van der Waals surface area contributed by atoms with E-state index in [9.17, 15) is 13.2 Å². The van der Waals surface area contributed by atoms with Crippen molar-refractivity contribution in [3.05, 3.63) is 0 Å². The Hall–Kier alpha value is 1.53. The maximum absolute atomic E-state index is 11.6. The van der Waals surface area contributed by atoms with Gasteiger partial charge in [0.25, 0.3) is 8.38 Å². The Morgan fingerprint density at radius 2 is 0.846 bits per heavy atom. The van der Waals surface area contributed by atoms with Gasteiger partial charge in [-0.2, -0.15) is 8.78 Å². The molecule has 0 N–H and O–H groups in total. The van der Waals surface area contributed by atoms with Gasteiger partial charge in [0.1, 0.15) is 0 Å². The van der Waals surface area contributed by atoms with Crippen LogP contribution in [-0.2, 0) is 0 Å². The molecule has 0 aromatic rings. The van der Waals surface area contributed by atoms with Gasteiger partial charge in [0, 0.05) is 0 Å². The van der Waals surface area contributed by atoms with Gasteiger partial charge in [0.15, 0.2) is 0 Å². The highest BCUT2D eigenvalue weighted by Gasteiger charge is 2.48. The molecule has 0 nitrogen and oxygen atoms in total. The maximum atomic E-state index is 11.6.